The molecule has 0 aliphatic heterocycles. The van der Waals surface area contributed by atoms with Crippen LogP contribution >= 0.6 is 11.8 Å². The quantitative estimate of drug-likeness (QED) is 0.465. The molecule has 1 aromatic rings. The number of benzene rings is 1. The Bertz CT molecular complexity index is 378. The fraction of sp³-hybridized carbons (Fsp3) is 0.308. The molecule has 0 saturated carbocycles. The summed E-state index contributed by atoms with van der Waals surface area (Å²) in [5.74, 6) is 4.42. The number of terminal acetylenes is 1. The molecule has 0 unspecified atom stereocenters. The maximum absolute atomic E-state index is 11.0. The van der Waals surface area contributed by atoms with Crippen molar-refractivity contribution in [1.82, 2.24) is 0 Å². The van der Waals surface area contributed by atoms with Gasteiger partial charge in [0.1, 0.15) is 0 Å². The summed E-state index contributed by atoms with van der Waals surface area (Å²) in [5.41, 5.74) is 1.78. The second-order valence-corrected chi connectivity index (χ2v) is 4.42. The van der Waals surface area contributed by atoms with Gasteiger partial charge in [0, 0.05) is 23.5 Å². The molecule has 0 heterocycles. The van der Waals surface area contributed by atoms with Crippen molar-refractivity contribution < 1.29 is 4.79 Å². The van der Waals surface area contributed by atoms with Gasteiger partial charge in [0.2, 0.25) is 0 Å². The Labute approximate surface area is 101 Å². The summed E-state index contributed by atoms with van der Waals surface area (Å²) in [6, 6.07) is 7.50. The van der Waals surface area contributed by atoms with Gasteiger partial charge in [-0.15, -0.1) is 18.2 Å². The number of rotatable bonds is 6. The number of hydrogen-bond acceptors (Lipinski definition) is 3. The van der Waals surface area contributed by atoms with E-state index in [-0.39, 0.29) is 5.78 Å². The van der Waals surface area contributed by atoms with E-state index in [4.69, 9.17) is 6.42 Å². The number of carbonyl (C=O) groups excluding carboxylic acids is 1. The van der Waals surface area contributed by atoms with E-state index >= 15 is 0 Å². The zero-order chi connectivity index (χ0) is 11.8. The minimum atomic E-state index is 0.0936. The topological polar surface area (TPSA) is 29.1 Å². The van der Waals surface area contributed by atoms with Crippen LogP contribution in [0.25, 0.3) is 0 Å². The maximum atomic E-state index is 11.0. The lowest BCUT2D eigenvalue weighted by Gasteiger charge is -2.05. The molecule has 1 rings (SSSR count). The number of nitrogens with one attached hydrogen (secondary N) is 1. The normalized spacial score (nSPS) is 9.50. The molecule has 2 nitrogen and oxygen atoms in total. The molecule has 1 N–H and O–H groups in total. The van der Waals surface area contributed by atoms with Crippen LogP contribution in [0.15, 0.2) is 24.3 Å². The standard InChI is InChI=1S/C13H15NOS/c1-3-9-16-10-8-14-13-6-4-12(5-7-13)11(2)15/h1,4-7,14H,8-10H2,2H3. The third kappa shape index (κ3) is 4.41. The highest BCUT2D eigenvalue weighted by molar-refractivity contribution is 7.99. The average Bonchev–Trinajstić information content (AvgIpc) is 2.29. The van der Waals surface area contributed by atoms with E-state index in [2.05, 4.69) is 11.2 Å². The second-order valence-electron chi connectivity index (χ2n) is 3.32. The van der Waals surface area contributed by atoms with Gasteiger partial charge < -0.3 is 5.32 Å². The van der Waals surface area contributed by atoms with Crippen molar-refractivity contribution in [3.63, 3.8) is 0 Å². The van der Waals surface area contributed by atoms with Crippen molar-refractivity contribution in [1.29, 1.82) is 0 Å². The lowest BCUT2D eigenvalue weighted by molar-refractivity contribution is 0.101. The Morgan fingerprint density at radius 3 is 2.69 bits per heavy atom. The monoisotopic (exact) mass is 233 g/mol. The number of hydrogen-bond donors (Lipinski definition) is 1. The first-order chi connectivity index (χ1) is 7.74. The largest absolute Gasteiger partial charge is 0.384 e. The van der Waals surface area contributed by atoms with E-state index in [1.54, 1.807) is 18.7 Å². The summed E-state index contributed by atoms with van der Waals surface area (Å²) >= 11 is 1.73. The van der Waals surface area contributed by atoms with Gasteiger partial charge in [-0.25, -0.2) is 0 Å². The van der Waals surface area contributed by atoms with Crippen LogP contribution in [0, 0.1) is 12.3 Å². The van der Waals surface area contributed by atoms with Gasteiger partial charge in [-0.05, 0) is 31.2 Å². The van der Waals surface area contributed by atoms with E-state index in [1.807, 2.05) is 24.3 Å². The summed E-state index contributed by atoms with van der Waals surface area (Å²) in [5, 5.41) is 3.27. The van der Waals surface area contributed by atoms with Crippen LogP contribution in [-0.4, -0.2) is 23.8 Å². The highest BCUT2D eigenvalue weighted by Crippen LogP contribution is 2.10. The molecule has 0 amide bonds. The van der Waals surface area contributed by atoms with Gasteiger partial charge >= 0.3 is 0 Å². The van der Waals surface area contributed by atoms with E-state index in [0.717, 1.165) is 29.3 Å². The van der Waals surface area contributed by atoms with Crippen LogP contribution < -0.4 is 5.32 Å². The molecule has 0 radical (unpaired) electrons. The minimum absolute atomic E-state index is 0.0936. The van der Waals surface area contributed by atoms with Gasteiger partial charge in [-0.1, -0.05) is 5.92 Å². The summed E-state index contributed by atoms with van der Waals surface area (Å²) in [6.07, 6.45) is 5.14. The van der Waals surface area contributed by atoms with Gasteiger partial charge in [0.25, 0.3) is 0 Å². The van der Waals surface area contributed by atoms with E-state index in [1.165, 1.54) is 0 Å². The van der Waals surface area contributed by atoms with E-state index in [0.29, 0.717) is 0 Å². The first-order valence-corrected chi connectivity index (χ1v) is 6.25. The van der Waals surface area contributed by atoms with Gasteiger partial charge in [-0.2, -0.15) is 0 Å². The molecular formula is C13H15NOS. The van der Waals surface area contributed by atoms with Crippen LogP contribution in [-0.2, 0) is 0 Å². The Balaban J connectivity index is 2.33. The third-order valence-electron chi connectivity index (χ3n) is 2.05. The third-order valence-corrected chi connectivity index (χ3v) is 2.92. The first kappa shape index (κ1) is 12.7. The first-order valence-electron chi connectivity index (χ1n) is 5.10. The average molecular weight is 233 g/mol. The van der Waals surface area contributed by atoms with E-state index < -0.39 is 0 Å². The Morgan fingerprint density at radius 2 is 2.12 bits per heavy atom. The minimum Gasteiger partial charge on any atom is -0.384 e. The lowest BCUT2D eigenvalue weighted by atomic mass is 10.1. The van der Waals surface area contributed by atoms with Gasteiger partial charge in [0.15, 0.2) is 5.78 Å². The molecule has 0 fully saturated rings. The smallest absolute Gasteiger partial charge is 0.159 e. The fourth-order valence-electron chi connectivity index (χ4n) is 1.22. The lowest BCUT2D eigenvalue weighted by Crippen LogP contribution is -2.04. The van der Waals surface area contributed by atoms with Gasteiger partial charge in [0.05, 0.1) is 5.75 Å². The number of ketones is 1. The zero-order valence-electron chi connectivity index (χ0n) is 9.32. The van der Waals surface area contributed by atoms with Crippen LogP contribution in [0.4, 0.5) is 5.69 Å². The van der Waals surface area contributed by atoms with Crippen molar-refractivity contribution in [2.45, 2.75) is 6.92 Å². The van der Waals surface area contributed by atoms with Crippen LogP contribution in [0.1, 0.15) is 17.3 Å². The fourth-order valence-corrected chi connectivity index (χ4v) is 1.73. The highest BCUT2D eigenvalue weighted by atomic mass is 32.2. The molecular weight excluding hydrogens is 218 g/mol. The van der Waals surface area contributed by atoms with Crippen LogP contribution in [0.5, 0.6) is 0 Å². The molecule has 1 aromatic carbocycles. The highest BCUT2D eigenvalue weighted by Gasteiger charge is 1.98. The van der Waals surface area contributed by atoms with Crippen LogP contribution in [0.2, 0.25) is 0 Å². The molecule has 0 aliphatic carbocycles. The number of thioether (sulfide) groups is 1. The maximum Gasteiger partial charge on any atom is 0.159 e. The summed E-state index contributed by atoms with van der Waals surface area (Å²) in [6.45, 7) is 2.45. The van der Waals surface area contributed by atoms with Crippen molar-refractivity contribution in [3.05, 3.63) is 29.8 Å². The number of carbonyl (C=O) groups is 1. The number of anilines is 1. The molecule has 0 atom stereocenters. The Kier molecular flexibility index (Phi) is 5.52. The van der Waals surface area contributed by atoms with Crippen molar-refractivity contribution in [2.24, 2.45) is 0 Å². The Morgan fingerprint density at radius 1 is 1.44 bits per heavy atom. The summed E-state index contributed by atoms with van der Waals surface area (Å²) < 4.78 is 0. The van der Waals surface area contributed by atoms with Crippen LogP contribution in [0.3, 0.4) is 0 Å². The molecule has 84 valence electrons. The molecule has 0 spiro atoms. The Hall–Kier alpha value is -1.40. The van der Waals surface area contributed by atoms with Crippen molar-refractivity contribution >= 4 is 23.2 Å². The summed E-state index contributed by atoms with van der Waals surface area (Å²) in [4.78, 5) is 11.0. The summed E-state index contributed by atoms with van der Waals surface area (Å²) in [7, 11) is 0. The predicted molar refractivity (Wildman–Crippen MR) is 71.1 cm³/mol. The zero-order valence-corrected chi connectivity index (χ0v) is 10.1. The molecule has 0 aromatic heterocycles. The predicted octanol–water partition coefficient (Wildman–Crippen LogP) is 2.67. The molecule has 0 aliphatic rings. The molecule has 3 heteroatoms. The van der Waals surface area contributed by atoms with E-state index in [9.17, 15) is 4.79 Å². The SMILES string of the molecule is C#CCSCCNc1ccc(C(C)=O)cc1. The molecule has 16 heavy (non-hydrogen) atoms. The molecule has 0 saturated heterocycles. The van der Waals surface area contributed by atoms with Gasteiger partial charge in [-0.3, -0.25) is 4.79 Å². The van der Waals surface area contributed by atoms with Crippen molar-refractivity contribution in [3.8, 4) is 12.3 Å². The second kappa shape index (κ2) is 6.97. The molecule has 0 bridgehead atoms. The number of Topliss-reactive ketones (excluding diaryl/α,β-unsaturated/α-hetero) is 1. The van der Waals surface area contributed by atoms with Crippen molar-refractivity contribution in [2.75, 3.05) is 23.4 Å².